The minimum atomic E-state index is -0.581. The highest BCUT2D eigenvalue weighted by Crippen LogP contribution is 2.44. The molecule has 7 heteroatoms. The van der Waals surface area contributed by atoms with Gasteiger partial charge in [0.25, 0.3) is 5.91 Å². The van der Waals surface area contributed by atoms with Crippen molar-refractivity contribution in [3.63, 3.8) is 0 Å². The average Bonchev–Trinajstić information content (AvgIpc) is 3.28. The molecule has 164 valence electrons. The number of benzene rings is 1. The van der Waals surface area contributed by atoms with Gasteiger partial charge in [0.2, 0.25) is 5.91 Å². The van der Waals surface area contributed by atoms with Crippen LogP contribution in [0.15, 0.2) is 48.8 Å². The Labute approximate surface area is 183 Å². The van der Waals surface area contributed by atoms with Crippen molar-refractivity contribution in [1.82, 2.24) is 19.7 Å². The first-order valence-electron chi connectivity index (χ1n) is 10.8. The molecule has 2 aliphatic rings. The first kappa shape index (κ1) is 21.3. The van der Waals surface area contributed by atoms with Gasteiger partial charge in [-0.3, -0.25) is 19.5 Å². The molecule has 3 heterocycles. The van der Waals surface area contributed by atoms with E-state index in [2.05, 4.69) is 16.0 Å². The van der Waals surface area contributed by atoms with Gasteiger partial charge in [0.1, 0.15) is 5.75 Å². The van der Waals surface area contributed by atoms with Crippen LogP contribution in [0.1, 0.15) is 22.8 Å². The van der Waals surface area contributed by atoms with Crippen molar-refractivity contribution >= 4 is 11.8 Å². The van der Waals surface area contributed by atoms with Crippen molar-refractivity contribution in [2.45, 2.75) is 13.5 Å². The van der Waals surface area contributed by atoms with Crippen molar-refractivity contribution in [3.8, 4) is 5.75 Å². The fourth-order valence-corrected chi connectivity index (χ4v) is 5.04. The van der Waals surface area contributed by atoms with E-state index in [0.29, 0.717) is 37.6 Å². The summed E-state index contributed by atoms with van der Waals surface area (Å²) in [6, 6.07) is 11.3. The van der Waals surface area contributed by atoms with Gasteiger partial charge < -0.3 is 14.5 Å². The molecular weight excluding hydrogens is 392 g/mol. The highest BCUT2D eigenvalue weighted by Gasteiger charge is 2.58. The molecule has 2 aliphatic heterocycles. The van der Waals surface area contributed by atoms with E-state index in [1.807, 2.05) is 42.3 Å². The zero-order chi connectivity index (χ0) is 22.0. The summed E-state index contributed by atoms with van der Waals surface area (Å²) in [5.74, 6) is 0.725. The summed E-state index contributed by atoms with van der Waals surface area (Å²) in [6.07, 6.45) is 3.64. The number of amides is 2. The molecule has 0 aliphatic carbocycles. The number of carbonyl (C=O) groups excluding carboxylic acids is 2. The molecule has 2 saturated heterocycles. The average molecular weight is 423 g/mol. The van der Waals surface area contributed by atoms with Gasteiger partial charge in [0, 0.05) is 65.1 Å². The maximum absolute atomic E-state index is 13.4. The normalized spacial score (nSPS) is 22.9. The molecule has 0 unspecified atom stereocenters. The fraction of sp³-hybridized carbons (Fsp3) is 0.458. The fourth-order valence-electron chi connectivity index (χ4n) is 5.04. The largest absolute Gasteiger partial charge is 0.493 e. The van der Waals surface area contributed by atoms with E-state index in [-0.39, 0.29) is 17.7 Å². The maximum atomic E-state index is 13.4. The Morgan fingerprint density at radius 3 is 2.68 bits per heavy atom. The summed E-state index contributed by atoms with van der Waals surface area (Å²) in [5.41, 5.74) is 1.11. The third-order valence-electron chi connectivity index (χ3n) is 6.35. The van der Waals surface area contributed by atoms with Crippen LogP contribution in [0.4, 0.5) is 0 Å². The Morgan fingerprint density at radius 2 is 1.97 bits per heavy atom. The Bertz CT molecular complexity index is 949. The van der Waals surface area contributed by atoms with Crippen molar-refractivity contribution in [2.75, 3.05) is 46.9 Å². The molecule has 0 saturated carbocycles. The Morgan fingerprint density at radius 1 is 1.16 bits per heavy atom. The van der Waals surface area contributed by atoms with E-state index in [0.717, 1.165) is 18.7 Å². The lowest BCUT2D eigenvalue weighted by atomic mass is 9.80. The molecule has 31 heavy (non-hydrogen) atoms. The third kappa shape index (κ3) is 4.02. The number of fused-ring (bicyclic) bond motifs is 1. The molecule has 7 nitrogen and oxygen atoms in total. The van der Waals surface area contributed by atoms with Crippen LogP contribution in [-0.4, -0.2) is 78.4 Å². The molecule has 1 aromatic carbocycles. The summed E-state index contributed by atoms with van der Waals surface area (Å²) in [4.78, 5) is 36.8. The molecule has 2 fully saturated rings. The second-order valence-corrected chi connectivity index (χ2v) is 8.70. The van der Waals surface area contributed by atoms with Crippen LogP contribution >= 0.6 is 0 Å². The predicted molar refractivity (Wildman–Crippen MR) is 118 cm³/mol. The number of nitrogens with zero attached hydrogens (tertiary/aromatic N) is 4. The molecule has 4 rings (SSSR count). The number of aromatic nitrogens is 1. The monoisotopic (exact) mass is 422 g/mol. The number of hydrogen-bond acceptors (Lipinski definition) is 5. The summed E-state index contributed by atoms with van der Waals surface area (Å²) in [7, 11) is 3.60. The SMILES string of the molecule is CCOc1ccccc1C(=O)N1C[C@@H]2CN(Cc3cccnc3)C[C@]2(C(=O)N(C)C)C1. The van der Waals surface area contributed by atoms with Gasteiger partial charge >= 0.3 is 0 Å². The molecule has 2 atom stereocenters. The first-order chi connectivity index (χ1) is 14.9. The first-order valence-corrected chi connectivity index (χ1v) is 10.8. The van der Waals surface area contributed by atoms with Crippen LogP contribution < -0.4 is 4.74 Å². The molecule has 2 aromatic rings. The van der Waals surface area contributed by atoms with E-state index in [9.17, 15) is 9.59 Å². The lowest BCUT2D eigenvalue weighted by Crippen LogP contribution is -2.47. The van der Waals surface area contributed by atoms with Gasteiger partial charge in [-0.1, -0.05) is 18.2 Å². The summed E-state index contributed by atoms with van der Waals surface area (Å²) >= 11 is 0. The smallest absolute Gasteiger partial charge is 0.257 e. The van der Waals surface area contributed by atoms with E-state index in [4.69, 9.17) is 4.74 Å². The minimum Gasteiger partial charge on any atom is -0.493 e. The van der Waals surface area contributed by atoms with Gasteiger partial charge in [-0.15, -0.1) is 0 Å². The van der Waals surface area contributed by atoms with E-state index in [1.165, 1.54) is 0 Å². The van der Waals surface area contributed by atoms with Crippen LogP contribution in [0, 0.1) is 11.3 Å². The van der Waals surface area contributed by atoms with Gasteiger partial charge in [0.05, 0.1) is 17.6 Å². The molecule has 2 amide bonds. The zero-order valence-electron chi connectivity index (χ0n) is 18.5. The number of para-hydroxylation sites is 1. The number of carbonyl (C=O) groups is 2. The van der Waals surface area contributed by atoms with Crippen molar-refractivity contribution in [3.05, 3.63) is 59.9 Å². The molecular formula is C24H30N4O3. The molecule has 0 radical (unpaired) electrons. The number of rotatable bonds is 6. The van der Waals surface area contributed by atoms with E-state index in [1.54, 1.807) is 31.3 Å². The van der Waals surface area contributed by atoms with Crippen LogP contribution in [0.5, 0.6) is 5.75 Å². The highest BCUT2D eigenvalue weighted by atomic mass is 16.5. The molecule has 0 N–H and O–H groups in total. The van der Waals surface area contributed by atoms with Crippen molar-refractivity contribution in [1.29, 1.82) is 0 Å². The van der Waals surface area contributed by atoms with Crippen LogP contribution in [0.3, 0.4) is 0 Å². The van der Waals surface area contributed by atoms with Gasteiger partial charge in [-0.05, 0) is 30.7 Å². The summed E-state index contributed by atoms with van der Waals surface area (Å²) in [6.45, 7) is 5.59. The molecule has 0 bridgehead atoms. The summed E-state index contributed by atoms with van der Waals surface area (Å²) < 4.78 is 5.67. The Kier molecular flexibility index (Phi) is 5.96. The minimum absolute atomic E-state index is 0.0665. The van der Waals surface area contributed by atoms with Crippen molar-refractivity contribution < 1.29 is 14.3 Å². The standard InChI is InChI=1S/C24H30N4O3/c1-4-31-21-10-6-5-9-20(21)22(29)28-15-19-14-27(13-18-8-7-11-25-12-18)16-24(19,17-28)23(30)26(2)3/h5-12,19H,4,13-17H2,1-3H3/t19-,24-/m0/s1. The quantitative estimate of drug-likeness (QED) is 0.714. The number of likely N-dealkylation sites (tertiary alicyclic amines) is 2. The Balaban J connectivity index is 1.56. The maximum Gasteiger partial charge on any atom is 0.257 e. The number of ether oxygens (including phenoxy) is 1. The van der Waals surface area contributed by atoms with Crippen molar-refractivity contribution in [2.24, 2.45) is 11.3 Å². The lowest BCUT2D eigenvalue weighted by Gasteiger charge is -2.31. The summed E-state index contributed by atoms with van der Waals surface area (Å²) in [5, 5.41) is 0. The second kappa shape index (κ2) is 8.67. The third-order valence-corrected chi connectivity index (χ3v) is 6.35. The second-order valence-electron chi connectivity index (χ2n) is 8.70. The molecule has 1 aromatic heterocycles. The Hall–Kier alpha value is -2.93. The van der Waals surface area contributed by atoms with Crippen LogP contribution in [0.25, 0.3) is 0 Å². The van der Waals surface area contributed by atoms with E-state index < -0.39 is 5.41 Å². The van der Waals surface area contributed by atoms with Gasteiger partial charge in [-0.2, -0.15) is 0 Å². The number of hydrogen-bond donors (Lipinski definition) is 0. The van der Waals surface area contributed by atoms with Gasteiger partial charge in [-0.25, -0.2) is 0 Å². The topological polar surface area (TPSA) is 66.0 Å². The highest BCUT2D eigenvalue weighted by molar-refractivity contribution is 5.98. The van der Waals surface area contributed by atoms with Crippen LogP contribution in [0.2, 0.25) is 0 Å². The zero-order valence-corrected chi connectivity index (χ0v) is 18.5. The molecule has 0 spiro atoms. The van der Waals surface area contributed by atoms with E-state index >= 15 is 0 Å². The number of pyridine rings is 1. The van der Waals surface area contributed by atoms with Gasteiger partial charge in [0.15, 0.2) is 0 Å². The predicted octanol–water partition coefficient (Wildman–Crippen LogP) is 2.14. The lowest BCUT2D eigenvalue weighted by molar-refractivity contribution is -0.139. The van der Waals surface area contributed by atoms with Crippen LogP contribution in [-0.2, 0) is 11.3 Å².